The molecule has 1 N–H and O–H groups in total. The summed E-state index contributed by atoms with van der Waals surface area (Å²) in [6.07, 6.45) is 6.04. The van der Waals surface area contributed by atoms with Gasteiger partial charge >= 0.3 is 0 Å². The number of hydrogen-bond acceptors (Lipinski definition) is 3. The van der Waals surface area contributed by atoms with Crippen LogP contribution in [0.1, 0.15) is 32.1 Å². The Bertz CT molecular complexity index is 753. The SMILES string of the molecule is COCC1(C(=O)Nc2cnc3c(F)c(F)ccc3c2)CCCCC1. The van der Waals surface area contributed by atoms with Gasteiger partial charge in [-0.25, -0.2) is 8.78 Å². The Hall–Kier alpha value is -2.08. The molecule has 2 aromatic rings. The molecule has 6 heteroatoms. The summed E-state index contributed by atoms with van der Waals surface area (Å²) in [7, 11) is 1.60. The summed E-state index contributed by atoms with van der Waals surface area (Å²) in [5.74, 6) is -2.02. The molecular weight excluding hydrogens is 314 g/mol. The third-order valence-corrected chi connectivity index (χ3v) is 4.71. The van der Waals surface area contributed by atoms with Crippen LogP contribution in [0.2, 0.25) is 0 Å². The predicted molar refractivity (Wildman–Crippen MR) is 87.7 cm³/mol. The van der Waals surface area contributed by atoms with Crippen molar-refractivity contribution in [2.45, 2.75) is 32.1 Å². The van der Waals surface area contributed by atoms with E-state index in [-0.39, 0.29) is 11.4 Å². The maximum Gasteiger partial charge on any atom is 0.232 e. The molecule has 0 spiro atoms. The molecule has 0 radical (unpaired) electrons. The second-order valence-corrected chi connectivity index (χ2v) is 6.39. The Kier molecular flexibility index (Phi) is 4.76. The molecule has 1 saturated carbocycles. The van der Waals surface area contributed by atoms with Gasteiger partial charge in [-0.15, -0.1) is 0 Å². The molecule has 24 heavy (non-hydrogen) atoms. The van der Waals surface area contributed by atoms with Crippen molar-refractivity contribution in [3.05, 3.63) is 36.0 Å². The van der Waals surface area contributed by atoms with Crippen LogP contribution in [0.15, 0.2) is 24.4 Å². The lowest BCUT2D eigenvalue weighted by molar-refractivity contribution is -0.131. The number of halogens is 2. The Morgan fingerprint density at radius 1 is 1.29 bits per heavy atom. The second kappa shape index (κ2) is 6.81. The number of benzene rings is 1. The molecule has 1 fully saturated rings. The number of nitrogens with zero attached hydrogens (tertiary/aromatic N) is 1. The highest BCUT2D eigenvalue weighted by atomic mass is 19.2. The molecule has 1 aromatic carbocycles. The quantitative estimate of drug-likeness (QED) is 0.918. The molecule has 0 saturated heterocycles. The van der Waals surface area contributed by atoms with Crippen molar-refractivity contribution in [2.75, 3.05) is 19.0 Å². The first kappa shape index (κ1) is 16.8. The van der Waals surface area contributed by atoms with Crippen LogP contribution in [-0.2, 0) is 9.53 Å². The van der Waals surface area contributed by atoms with Gasteiger partial charge in [0.1, 0.15) is 5.52 Å². The molecule has 0 bridgehead atoms. The molecule has 0 atom stereocenters. The second-order valence-electron chi connectivity index (χ2n) is 6.39. The van der Waals surface area contributed by atoms with Gasteiger partial charge in [0.15, 0.2) is 11.6 Å². The molecule has 0 unspecified atom stereocenters. The first-order valence-corrected chi connectivity index (χ1v) is 8.10. The van der Waals surface area contributed by atoms with Crippen molar-refractivity contribution in [3.8, 4) is 0 Å². The first-order valence-electron chi connectivity index (χ1n) is 8.10. The van der Waals surface area contributed by atoms with Crippen LogP contribution < -0.4 is 5.32 Å². The average molecular weight is 334 g/mol. The van der Waals surface area contributed by atoms with Crippen LogP contribution >= 0.6 is 0 Å². The maximum absolute atomic E-state index is 13.7. The summed E-state index contributed by atoms with van der Waals surface area (Å²) in [5, 5.41) is 3.31. The number of carbonyl (C=O) groups excluding carboxylic acids is 1. The van der Waals surface area contributed by atoms with E-state index in [1.807, 2.05) is 0 Å². The van der Waals surface area contributed by atoms with E-state index in [0.717, 1.165) is 38.2 Å². The molecule has 1 heterocycles. The molecule has 128 valence electrons. The normalized spacial score (nSPS) is 17.0. The summed E-state index contributed by atoms with van der Waals surface area (Å²) < 4.78 is 32.2. The van der Waals surface area contributed by atoms with Crippen LogP contribution in [0.4, 0.5) is 14.5 Å². The Labute approximate surface area is 139 Å². The Morgan fingerprint density at radius 3 is 2.75 bits per heavy atom. The lowest BCUT2D eigenvalue weighted by Crippen LogP contribution is -2.41. The zero-order valence-electron chi connectivity index (χ0n) is 13.6. The number of aromatic nitrogens is 1. The lowest BCUT2D eigenvalue weighted by atomic mass is 9.74. The third kappa shape index (κ3) is 3.11. The van der Waals surface area contributed by atoms with E-state index in [4.69, 9.17) is 4.74 Å². The van der Waals surface area contributed by atoms with E-state index in [9.17, 15) is 13.6 Å². The van der Waals surface area contributed by atoms with Gasteiger partial charge in [0, 0.05) is 12.5 Å². The summed E-state index contributed by atoms with van der Waals surface area (Å²) >= 11 is 0. The summed E-state index contributed by atoms with van der Waals surface area (Å²) in [5.41, 5.74) is -0.104. The highest BCUT2D eigenvalue weighted by Crippen LogP contribution is 2.37. The number of hydrogen-bond donors (Lipinski definition) is 1. The molecule has 1 aliphatic rings. The van der Waals surface area contributed by atoms with E-state index in [2.05, 4.69) is 10.3 Å². The van der Waals surface area contributed by atoms with E-state index in [1.54, 1.807) is 13.2 Å². The predicted octanol–water partition coefficient (Wildman–Crippen LogP) is 4.05. The van der Waals surface area contributed by atoms with Crippen molar-refractivity contribution >= 4 is 22.5 Å². The number of fused-ring (bicyclic) bond motifs is 1. The number of methoxy groups -OCH3 is 1. The van der Waals surface area contributed by atoms with Gasteiger partial charge < -0.3 is 10.1 Å². The first-order chi connectivity index (χ1) is 11.6. The van der Waals surface area contributed by atoms with Crippen molar-refractivity contribution in [2.24, 2.45) is 5.41 Å². The number of rotatable bonds is 4. The molecule has 1 aromatic heterocycles. The zero-order valence-corrected chi connectivity index (χ0v) is 13.6. The van der Waals surface area contributed by atoms with Crippen LogP contribution in [0.3, 0.4) is 0 Å². The zero-order chi connectivity index (χ0) is 17.2. The van der Waals surface area contributed by atoms with Gasteiger partial charge in [-0.05, 0) is 31.0 Å². The van der Waals surface area contributed by atoms with E-state index in [1.165, 1.54) is 12.3 Å². The number of pyridine rings is 1. The lowest BCUT2D eigenvalue weighted by Gasteiger charge is -2.35. The summed E-state index contributed by atoms with van der Waals surface area (Å²) in [6.45, 7) is 0.375. The van der Waals surface area contributed by atoms with Gasteiger partial charge in [-0.3, -0.25) is 9.78 Å². The van der Waals surface area contributed by atoms with Crippen LogP contribution in [0.25, 0.3) is 10.9 Å². The highest BCUT2D eigenvalue weighted by molar-refractivity contribution is 5.97. The molecular formula is C18H20F2N2O2. The minimum Gasteiger partial charge on any atom is -0.384 e. The Morgan fingerprint density at radius 2 is 2.04 bits per heavy atom. The molecule has 0 aliphatic heterocycles. The fourth-order valence-corrected chi connectivity index (χ4v) is 3.42. The summed E-state index contributed by atoms with van der Waals surface area (Å²) in [6, 6.07) is 4.10. The fourth-order valence-electron chi connectivity index (χ4n) is 3.42. The van der Waals surface area contributed by atoms with Crippen molar-refractivity contribution < 1.29 is 18.3 Å². The summed E-state index contributed by atoms with van der Waals surface area (Å²) in [4.78, 5) is 16.7. The topological polar surface area (TPSA) is 51.2 Å². The van der Waals surface area contributed by atoms with Crippen LogP contribution in [0, 0.1) is 17.0 Å². The number of ether oxygens (including phenoxy) is 1. The number of amides is 1. The number of nitrogens with one attached hydrogen (secondary N) is 1. The standard InChI is InChI=1S/C18H20F2N2O2/c1-24-11-18(7-3-2-4-8-18)17(23)22-13-9-12-5-6-14(19)15(20)16(12)21-10-13/h5-6,9-10H,2-4,7-8,11H2,1H3,(H,22,23). The molecule has 1 aliphatic carbocycles. The fraction of sp³-hybridized carbons (Fsp3) is 0.444. The van der Waals surface area contributed by atoms with Crippen molar-refractivity contribution in [1.82, 2.24) is 4.98 Å². The van der Waals surface area contributed by atoms with Gasteiger partial charge in [-0.1, -0.05) is 19.3 Å². The third-order valence-electron chi connectivity index (χ3n) is 4.71. The van der Waals surface area contributed by atoms with E-state index < -0.39 is 17.0 Å². The minimum absolute atomic E-state index is 0.0442. The van der Waals surface area contributed by atoms with Crippen LogP contribution in [0.5, 0.6) is 0 Å². The van der Waals surface area contributed by atoms with Gasteiger partial charge in [-0.2, -0.15) is 0 Å². The largest absolute Gasteiger partial charge is 0.384 e. The minimum atomic E-state index is -0.978. The highest BCUT2D eigenvalue weighted by Gasteiger charge is 2.39. The van der Waals surface area contributed by atoms with E-state index in [0.29, 0.717) is 17.7 Å². The van der Waals surface area contributed by atoms with E-state index >= 15 is 0 Å². The van der Waals surface area contributed by atoms with Gasteiger partial charge in [0.25, 0.3) is 0 Å². The Balaban J connectivity index is 1.85. The van der Waals surface area contributed by atoms with Gasteiger partial charge in [0.2, 0.25) is 5.91 Å². The van der Waals surface area contributed by atoms with Gasteiger partial charge in [0.05, 0.1) is 23.9 Å². The number of anilines is 1. The van der Waals surface area contributed by atoms with Crippen molar-refractivity contribution in [3.63, 3.8) is 0 Å². The molecule has 1 amide bonds. The van der Waals surface area contributed by atoms with Crippen LogP contribution in [-0.4, -0.2) is 24.6 Å². The average Bonchev–Trinajstić information content (AvgIpc) is 2.59. The molecule has 3 rings (SSSR count). The number of carbonyl (C=O) groups is 1. The monoisotopic (exact) mass is 334 g/mol. The maximum atomic E-state index is 13.7. The molecule has 4 nitrogen and oxygen atoms in total. The van der Waals surface area contributed by atoms with Crippen molar-refractivity contribution in [1.29, 1.82) is 0 Å². The smallest absolute Gasteiger partial charge is 0.232 e.